The monoisotopic (exact) mass is 355 g/mol. The lowest BCUT2D eigenvalue weighted by Gasteiger charge is -2.24. The molecule has 8 heteroatoms. The molecule has 1 unspecified atom stereocenters. The van der Waals surface area contributed by atoms with Crippen molar-refractivity contribution in [2.24, 2.45) is 0 Å². The third kappa shape index (κ3) is 3.69. The van der Waals surface area contributed by atoms with Gasteiger partial charge in [0.1, 0.15) is 0 Å². The van der Waals surface area contributed by atoms with E-state index in [1.54, 1.807) is 6.20 Å². The van der Waals surface area contributed by atoms with Crippen molar-refractivity contribution in [3.63, 3.8) is 0 Å². The van der Waals surface area contributed by atoms with Gasteiger partial charge in [-0.3, -0.25) is 4.79 Å². The number of amides is 1. The molecule has 128 valence electrons. The van der Waals surface area contributed by atoms with Crippen molar-refractivity contribution in [2.75, 3.05) is 18.0 Å². The highest BCUT2D eigenvalue weighted by molar-refractivity contribution is 7.13. The summed E-state index contributed by atoms with van der Waals surface area (Å²) >= 11 is 1.54. The zero-order chi connectivity index (χ0) is 17.2. The van der Waals surface area contributed by atoms with Gasteiger partial charge in [0.15, 0.2) is 5.13 Å². The topological polar surface area (TPSA) is 45.2 Å². The molecule has 1 aromatic heterocycles. The lowest BCUT2D eigenvalue weighted by atomic mass is 10.1. The number of nitrogens with zero attached hydrogens (tertiary/aromatic N) is 2. The van der Waals surface area contributed by atoms with Gasteiger partial charge in [0, 0.05) is 36.3 Å². The van der Waals surface area contributed by atoms with Crippen molar-refractivity contribution in [2.45, 2.75) is 25.1 Å². The third-order valence-electron chi connectivity index (χ3n) is 3.99. The van der Waals surface area contributed by atoms with E-state index in [-0.39, 0.29) is 11.6 Å². The number of halogens is 3. The van der Waals surface area contributed by atoms with Crippen LogP contribution < -0.4 is 10.2 Å². The van der Waals surface area contributed by atoms with Crippen LogP contribution in [0.15, 0.2) is 35.8 Å². The van der Waals surface area contributed by atoms with Crippen molar-refractivity contribution < 1.29 is 18.0 Å². The van der Waals surface area contributed by atoms with Crippen molar-refractivity contribution >= 4 is 22.4 Å². The Morgan fingerprint density at radius 3 is 2.96 bits per heavy atom. The molecule has 0 bridgehead atoms. The molecular weight excluding hydrogens is 339 g/mol. The number of aromatic nitrogens is 1. The molecule has 0 spiro atoms. The van der Waals surface area contributed by atoms with Gasteiger partial charge in [-0.15, -0.1) is 11.3 Å². The minimum Gasteiger partial charge on any atom is -0.350 e. The molecule has 0 aliphatic carbocycles. The molecule has 1 aliphatic rings. The Balaban J connectivity index is 1.63. The Hall–Kier alpha value is -2.09. The van der Waals surface area contributed by atoms with Crippen LogP contribution in [0.2, 0.25) is 0 Å². The molecule has 1 amide bonds. The lowest BCUT2D eigenvalue weighted by Crippen LogP contribution is -2.40. The van der Waals surface area contributed by atoms with Crippen molar-refractivity contribution in [3.05, 3.63) is 47.0 Å². The first kappa shape index (κ1) is 16.8. The summed E-state index contributed by atoms with van der Waals surface area (Å²) in [6.07, 6.45) is -0.799. The van der Waals surface area contributed by atoms with Crippen LogP contribution in [0.5, 0.6) is 0 Å². The van der Waals surface area contributed by atoms with E-state index in [1.165, 1.54) is 23.5 Å². The number of benzene rings is 1. The summed E-state index contributed by atoms with van der Waals surface area (Å²) in [4.78, 5) is 18.6. The Kier molecular flexibility index (Phi) is 4.75. The maximum atomic E-state index is 12.7. The fourth-order valence-electron chi connectivity index (χ4n) is 2.81. The number of alkyl halides is 3. The summed E-state index contributed by atoms with van der Waals surface area (Å²) in [6, 6.07) is 4.58. The first-order valence-electron chi connectivity index (χ1n) is 7.57. The van der Waals surface area contributed by atoms with E-state index < -0.39 is 17.6 Å². The molecule has 1 atom stereocenters. The van der Waals surface area contributed by atoms with Gasteiger partial charge in [-0.2, -0.15) is 13.2 Å². The van der Waals surface area contributed by atoms with Gasteiger partial charge in [0.25, 0.3) is 5.91 Å². The van der Waals surface area contributed by atoms with E-state index in [9.17, 15) is 18.0 Å². The second-order valence-electron chi connectivity index (χ2n) is 5.59. The Bertz CT molecular complexity index is 703. The minimum atomic E-state index is -4.45. The maximum absolute atomic E-state index is 12.7. The summed E-state index contributed by atoms with van der Waals surface area (Å²) < 4.78 is 38.2. The van der Waals surface area contributed by atoms with Gasteiger partial charge in [0.2, 0.25) is 0 Å². The van der Waals surface area contributed by atoms with Crippen LogP contribution in [-0.2, 0) is 6.18 Å². The van der Waals surface area contributed by atoms with Gasteiger partial charge in [-0.05, 0) is 31.0 Å². The molecule has 1 saturated heterocycles. The van der Waals surface area contributed by atoms with Crippen LogP contribution in [0.25, 0.3) is 0 Å². The molecule has 2 aromatic rings. The number of carbonyl (C=O) groups is 1. The Labute approximate surface area is 141 Å². The highest BCUT2D eigenvalue weighted by Gasteiger charge is 2.31. The second-order valence-corrected chi connectivity index (χ2v) is 6.47. The Morgan fingerprint density at radius 1 is 1.42 bits per heavy atom. The number of anilines is 1. The molecule has 0 saturated carbocycles. The van der Waals surface area contributed by atoms with Crippen LogP contribution in [0.4, 0.5) is 18.3 Å². The molecule has 24 heavy (non-hydrogen) atoms. The van der Waals surface area contributed by atoms with E-state index in [1.807, 2.05) is 5.38 Å². The first-order valence-corrected chi connectivity index (χ1v) is 8.45. The third-order valence-corrected chi connectivity index (χ3v) is 4.80. The average molecular weight is 355 g/mol. The van der Waals surface area contributed by atoms with Crippen molar-refractivity contribution in [1.29, 1.82) is 0 Å². The quantitative estimate of drug-likeness (QED) is 0.912. The number of hydrogen-bond donors (Lipinski definition) is 1. The van der Waals surface area contributed by atoms with E-state index in [0.717, 1.165) is 36.7 Å². The molecular formula is C16H16F3N3OS. The number of nitrogens with one attached hydrogen (secondary N) is 1. The van der Waals surface area contributed by atoms with Gasteiger partial charge < -0.3 is 10.2 Å². The summed E-state index contributed by atoms with van der Waals surface area (Å²) in [7, 11) is 0. The van der Waals surface area contributed by atoms with Crippen LogP contribution in [0.1, 0.15) is 28.8 Å². The molecule has 3 rings (SSSR count). The van der Waals surface area contributed by atoms with E-state index in [4.69, 9.17) is 0 Å². The molecule has 0 radical (unpaired) electrons. The van der Waals surface area contributed by atoms with Crippen LogP contribution in [0.3, 0.4) is 0 Å². The zero-order valence-corrected chi connectivity index (χ0v) is 13.5. The zero-order valence-electron chi connectivity index (χ0n) is 12.7. The summed E-state index contributed by atoms with van der Waals surface area (Å²) in [5.41, 5.74) is -0.802. The smallest absolute Gasteiger partial charge is 0.350 e. The van der Waals surface area contributed by atoms with Gasteiger partial charge in [-0.25, -0.2) is 4.98 Å². The van der Waals surface area contributed by atoms with Crippen molar-refractivity contribution in [3.8, 4) is 0 Å². The van der Waals surface area contributed by atoms with Gasteiger partial charge in [-0.1, -0.05) is 6.07 Å². The van der Waals surface area contributed by atoms with Crippen LogP contribution in [0, 0.1) is 0 Å². The fourth-order valence-corrected chi connectivity index (χ4v) is 3.55. The first-order chi connectivity index (χ1) is 11.4. The minimum absolute atomic E-state index is 0.0172. The van der Waals surface area contributed by atoms with Crippen LogP contribution in [-0.4, -0.2) is 30.0 Å². The maximum Gasteiger partial charge on any atom is 0.416 e. The van der Waals surface area contributed by atoms with Gasteiger partial charge >= 0.3 is 6.18 Å². The number of rotatable bonds is 4. The average Bonchev–Trinajstić information content (AvgIpc) is 3.22. The number of thiazole rings is 1. The highest BCUT2D eigenvalue weighted by Crippen LogP contribution is 2.30. The predicted octanol–water partition coefficient (Wildman–Crippen LogP) is 3.56. The molecule has 1 aromatic carbocycles. The Morgan fingerprint density at radius 2 is 2.25 bits per heavy atom. The normalized spacial score (nSPS) is 18.0. The molecule has 2 heterocycles. The van der Waals surface area contributed by atoms with Crippen LogP contribution >= 0.6 is 11.3 Å². The molecule has 1 N–H and O–H groups in total. The van der Waals surface area contributed by atoms with E-state index in [0.29, 0.717) is 6.54 Å². The van der Waals surface area contributed by atoms with E-state index >= 15 is 0 Å². The summed E-state index contributed by atoms with van der Waals surface area (Å²) in [5.74, 6) is -0.493. The number of carbonyl (C=O) groups excluding carboxylic acids is 1. The molecule has 1 fully saturated rings. The highest BCUT2D eigenvalue weighted by atomic mass is 32.1. The SMILES string of the molecule is O=C(NCC1CCCN1c1nccs1)c1cccc(C(F)(F)F)c1. The molecule has 1 aliphatic heterocycles. The van der Waals surface area contributed by atoms with Gasteiger partial charge in [0.05, 0.1) is 5.56 Å². The standard InChI is InChI=1S/C16H16F3N3OS/c17-16(18,19)12-4-1-3-11(9-12)14(23)21-10-13-5-2-7-22(13)15-20-6-8-24-15/h1,3-4,6,8-9,13H,2,5,7,10H2,(H,21,23). The largest absolute Gasteiger partial charge is 0.416 e. The number of hydrogen-bond acceptors (Lipinski definition) is 4. The summed E-state index contributed by atoms with van der Waals surface area (Å²) in [6.45, 7) is 1.26. The second kappa shape index (κ2) is 6.80. The lowest BCUT2D eigenvalue weighted by molar-refractivity contribution is -0.137. The van der Waals surface area contributed by atoms with E-state index in [2.05, 4.69) is 15.2 Å². The predicted molar refractivity (Wildman–Crippen MR) is 86.3 cm³/mol. The van der Waals surface area contributed by atoms with Crippen molar-refractivity contribution in [1.82, 2.24) is 10.3 Å². The summed E-state index contributed by atoms with van der Waals surface area (Å²) in [5, 5.41) is 5.54. The molecule has 4 nitrogen and oxygen atoms in total. The fraction of sp³-hybridized carbons (Fsp3) is 0.375.